The first-order valence-electron chi connectivity index (χ1n) is 7.71. The zero-order valence-corrected chi connectivity index (χ0v) is 13.3. The molecule has 0 radical (unpaired) electrons. The maximum atomic E-state index is 11.3. The smallest absolute Gasteiger partial charge is 0.331 e. The van der Waals surface area contributed by atoms with Crippen LogP contribution < -0.4 is 0 Å². The van der Waals surface area contributed by atoms with Gasteiger partial charge in [0.15, 0.2) is 0 Å². The van der Waals surface area contributed by atoms with Gasteiger partial charge in [-0.1, -0.05) is 45.4 Å². The molecule has 0 aromatic carbocycles. The van der Waals surface area contributed by atoms with Crippen LogP contribution in [0.25, 0.3) is 0 Å². The van der Waals surface area contributed by atoms with Gasteiger partial charge in [0, 0.05) is 19.3 Å². The van der Waals surface area contributed by atoms with Crippen molar-refractivity contribution in [3.05, 3.63) is 12.2 Å². The molecule has 0 atom stereocenters. The average Bonchev–Trinajstić information content (AvgIpc) is 2.48. The standard InChI is InChI=1S/C16H28O5/c1-3-4-5-6-7-8-9-12-20-15(17)10-11-16(18)21-14-13-19-2/h10-11H,3-9,12-14H2,1-2H3/b11-10+. The highest BCUT2D eigenvalue weighted by atomic mass is 16.6. The van der Waals surface area contributed by atoms with Gasteiger partial charge in [-0.2, -0.15) is 0 Å². The van der Waals surface area contributed by atoms with Gasteiger partial charge in [0.2, 0.25) is 0 Å². The summed E-state index contributed by atoms with van der Waals surface area (Å²) in [7, 11) is 1.52. The summed E-state index contributed by atoms with van der Waals surface area (Å²) in [5.41, 5.74) is 0. The lowest BCUT2D eigenvalue weighted by molar-refractivity contribution is -0.141. The SMILES string of the molecule is CCCCCCCCCOC(=O)/C=C/C(=O)OCCOC. The third kappa shape index (κ3) is 14.9. The molecule has 122 valence electrons. The lowest BCUT2D eigenvalue weighted by Crippen LogP contribution is -2.08. The summed E-state index contributed by atoms with van der Waals surface area (Å²) in [6.07, 6.45) is 10.3. The van der Waals surface area contributed by atoms with Crippen molar-refractivity contribution in [1.82, 2.24) is 0 Å². The molecular formula is C16H28O5. The van der Waals surface area contributed by atoms with Gasteiger partial charge in [0.05, 0.1) is 13.2 Å². The van der Waals surface area contributed by atoms with E-state index >= 15 is 0 Å². The van der Waals surface area contributed by atoms with Gasteiger partial charge in [-0.15, -0.1) is 0 Å². The minimum absolute atomic E-state index is 0.173. The number of hydrogen-bond acceptors (Lipinski definition) is 5. The summed E-state index contributed by atoms with van der Waals surface area (Å²) in [5, 5.41) is 0. The number of hydrogen-bond donors (Lipinski definition) is 0. The maximum absolute atomic E-state index is 11.3. The first-order valence-corrected chi connectivity index (χ1v) is 7.71. The summed E-state index contributed by atoms with van der Waals surface area (Å²) in [6.45, 7) is 3.10. The Morgan fingerprint density at radius 3 is 1.86 bits per heavy atom. The van der Waals surface area contributed by atoms with Crippen LogP contribution in [-0.2, 0) is 23.8 Å². The molecule has 0 saturated carbocycles. The van der Waals surface area contributed by atoms with Crippen molar-refractivity contribution in [2.24, 2.45) is 0 Å². The Morgan fingerprint density at radius 1 is 0.762 bits per heavy atom. The summed E-state index contributed by atoms with van der Waals surface area (Å²) < 4.78 is 14.5. The van der Waals surface area contributed by atoms with E-state index < -0.39 is 11.9 Å². The Balaban J connectivity index is 3.46. The van der Waals surface area contributed by atoms with Gasteiger partial charge in [-0.05, 0) is 6.42 Å². The van der Waals surface area contributed by atoms with E-state index in [0.717, 1.165) is 25.0 Å². The third-order valence-corrected chi connectivity index (χ3v) is 2.88. The highest BCUT2D eigenvalue weighted by Gasteiger charge is 2.01. The van der Waals surface area contributed by atoms with Crippen molar-refractivity contribution in [2.75, 3.05) is 26.9 Å². The fourth-order valence-corrected chi connectivity index (χ4v) is 1.69. The van der Waals surface area contributed by atoms with E-state index in [4.69, 9.17) is 14.2 Å². The van der Waals surface area contributed by atoms with E-state index in [2.05, 4.69) is 6.92 Å². The van der Waals surface area contributed by atoms with E-state index in [1.165, 1.54) is 39.2 Å². The molecule has 0 aliphatic heterocycles. The van der Waals surface area contributed by atoms with E-state index in [9.17, 15) is 9.59 Å². The predicted octanol–water partition coefficient (Wildman–Crippen LogP) is 3.03. The van der Waals surface area contributed by atoms with Gasteiger partial charge in [0.1, 0.15) is 6.61 Å². The largest absolute Gasteiger partial charge is 0.463 e. The molecule has 0 spiro atoms. The van der Waals surface area contributed by atoms with Gasteiger partial charge in [-0.25, -0.2) is 9.59 Å². The number of ether oxygens (including phenoxy) is 3. The van der Waals surface area contributed by atoms with Crippen molar-refractivity contribution < 1.29 is 23.8 Å². The molecule has 5 nitrogen and oxygen atoms in total. The second kappa shape index (κ2) is 15.0. The third-order valence-electron chi connectivity index (χ3n) is 2.88. The number of esters is 2. The van der Waals surface area contributed by atoms with Crippen LogP contribution in [0.5, 0.6) is 0 Å². The zero-order chi connectivity index (χ0) is 15.8. The Kier molecular flexibility index (Phi) is 14.1. The normalized spacial score (nSPS) is 10.8. The fourth-order valence-electron chi connectivity index (χ4n) is 1.69. The number of methoxy groups -OCH3 is 1. The first kappa shape index (κ1) is 19.6. The molecule has 0 unspecified atom stereocenters. The van der Waals surface area contributed by atoms with Crippen LogP contribution in [0.15, 0.2) is 12.2 Å². The van der Waals surface area contributed by atoms with E-state index in [1.54, 1.807) is 0 Å². The van der Waals surface area contributed by atoms with Crippen LogP contribution in [0.1, 0.15) is 51.9 Å². The van der Waals surface area contributed by atoms with Crippen molar-refractivity contribution >= 4 is 11.9 Å². The van der Waals surface area contributed by atoms with Crippen LogP contribution in [0.3, 0.4) is 0 Å². The highest BCUT2D eigenvalue weighted by molar-refractivity contribution is 5.91. The van der Waals surface area contributed by atoms with Gasteiger partial charge >= 0.3 is 11.9 Å². The molecular weight excluding hydrogens is 272 g/mol. The van der Waals surface area contributed by atoms with Gasteiger partial charge in [-0.3, -0.25) is 0 Å². The van der Waals surface area contributed by atoms with E-state index in [1.807, 2.05) is 0 Å². The topological polar surface area (TPSA) is 61.8 Å². The molecule has 0 aliphatic carbocycles. The molecule has 0 saturated heterocycles. The number of rotatable bonds is 13. The molecule has 0 aliphatic rings. The monoisotopic (exact) mass is 300 g/mol. The summed E-state index contributed by atoms with van der Waals surface area (Å²) in [6, 6.07) is 0. The Hall–Kier alpha value is -1.36. The quantitative estimate of drug-likeness (QED) is 0.297. The van der Waals surface area contributed by atoms with Crippen molar-refractivity contribution in [3.8, 4) is 0 Å². The number of unbranched alkanes of at least 4 members (excludes halogenated alkanes) is 6. The van der Waals surface area contributed by atoms with Crippen LogP contribution >= 0.6 is 0 Å². The predicted molar refractivity (Wildman–Crippen MR) is 80.9 cm³/mol. The Labute approximate surface area is 127 Å². The van der Waals surface area contributed by atoms with Crippen molar-refractivity contribution in [1.29, 1.82) is 0 Å². The Bertz CT molecular complexity index is 299. The summed E-state index contributed by atoms with van der Waals surface area (Å²) >= 11 is 0. The molecule has 0 rings (SSSR count). The van der Waals surface area contributed by atoms with Crippen LogP contribution in [0.2, 0.25) is 0 Å². The number of carbonyl (C=O) groups excluding carboxylic acids is 2. The molecule has 0 fully saturated rings. The van der Waals surface area contributed by atoms with Gasteiger partial charge in [0.25, 0.3) is 0 Å². The maximum Gasteiger partial charge on any atom is 0.331 e. The molecule has 0 N–H and O–H groups in total. The Morgan fingerprint density at radius 2 is 1.29 bits per heavy atom. The molecule has 0 amide bonds. The molecule has 0 aromatic heterocycles. The highest BCUT2D eigenvalue weighted by Crippen LogP contribution is 2.06. The van der Waals surface area contributed by atoms with Crippen LogP contribution in [-0.4, -0.2) is 38.9 Å². The lowest BCUT2D eigenvalue weighted by Gasteiger charge is -2.02. The summed E-state index contributed by atoms with van der Waals surface area (Å²) in [4.78, 5) is 22.5. The number of carbonyl (C=O) groups is 2. The second-order valence-corrected chi connectivity index (χ2v) is 4.78. The average molecular weight is 300 g/mol. The summed E-state index contributed by atoms with van der Waals surface area (Å²) in [5.74, 6) is -1.08. The van der Waals surface area contributed by atoms with E-state index in [0.29, 0.717) is 13.2 Å². The van der Waals surface area contributed by atoms with Crippen molar-refractivity contribution in [3.63, 3.8) is 0 Å². The molecule has 0 bridgehead atoms. The molecule has 21 heavy (non-hydrogen) atoms. The minimum Gasteiger partial charge on any atom is -0.463 e. The molecule has 0 aromatic rings. The second-order valence-electron chi connectivity index (χ2n) is 4.78. The van der Waals surface area contributed by atoms with Crippen molar-refractivity contribution in [2.45, 2.75) is 51.9 Å². The molecule has 0 heterocycles. The fraction of sp³-hybridized carbons (Fsp3) is 0.750. The first-order chi connectivity index (χ1) is 10.2. The zero-order valence-electron chi connectivity index (χ0n) is 13.3. The van der Waals surface area contributed by atoms with Crippen LogP contribution in [0.4, 0.5) is 0 Å². The van der Waals surface area contributed by atoms with Gasteiger partial charge < -0.3 is 14.2 Å². The van der Waals surface area contributed by atoms with Crippen LogP contribution in [0, 0.1) is 0 Å². The van der Waals surface area contributed by atoms with E-state index in [-0.39, 0.29) is 6.61 Å². The lowest BCUT2D eigenvalue weighted by atomic mass is 10.1. The molecule has 5 heteroatoms. The minimum atomic E-state index is -0.570.